The lowest BCUT2D eigenvalue weighted by Gasteiger charge is -2.39. The number of para-hydroxylation sites is 1. The van der Waals surface area contributed by atoms with E-state index in [-0.39, 0.29) is 16.8 Å². The van der Waals surface area contributed by atoms with E-state index in [4.69, 9.17) is 0 Å². The van der Waals surface area contributed by atoms with E-state index < -0.39 is 10.0 Å². The summed E-state index contributed by atoms with van der Waals surface area (Å²) in [5.74, 6) is -0.0878. The lowest BCUT2D eigenvalue weighted by molar-refractivity contribution is 0.0773. The van der Waals surface area contributed by atoms with Crippen LogP contribution in [-0.2, 0) is 10.0 Å². The summed E-state index contributed by atoms with van der Waals surface area (Å²) < 4.78 is 28.2. The standard InChI is InChI=1S/C24H34N4O3S/c1-4-26(5-2)24(29)21-11-13-23(14-12-21)32(30,31)25-19-20(3)27-15-17-28(18-16-27)22-9-7-6-8-10-22/h6-14,20,25H,4-5,15-19H2,1-3H3. The van der Waals surface area contributed by atoms with E-state index >= 15 is 0 Å². The van der Waals surface area contributed by atoms with Gasteiger partial charge < -0.3 is 9.80 Å². The predicted octanol–water partition coefficient (Wildman–Crippen LogP) is 2.66. The summed E-state index contributed by atoms with van der Waals surface area (Å²) >= 11 is 0. The second-order valence-corrected chi connectivity index (χ2v) is 9.83. The molecule has 0 radical (unpaired) electrons. The van der Waals surface area contributed by atoms with Crippen LogP contribution in [0.25, 0.3) is 0 Å². The summed E-state index contributed by atoms with van der Waals surface area (Å²) in [5, 5.41) is 0. The first kappa shape index (κ1) is 24.2. The molecule has 2 aromatic carbocycles. The zero-order chi connectivity index (χ0) is 23.1. The number of nitrogens with zero attached hydrogens (tertiary/aromatic N) is 3. The molecule has 1 heterocycles. The van der Waals surface area contributed by atoms with E-state index in [0.717, 1.165) is 26.2 Å². The molecule has 0 saturated carbocycles. The van der Waals surface area contributed by atoms with Crippen LogP contribution in [0, 0.1) is 0 Å². The summed E-state index contributed by atoms with van der Waals surface area (Å²) in [6.07, 6.45) is 0. The van der Waals surface area contributed by atoms with Crippen LogP contribution in [0.15, 0.2) is 59.5 Å². The zero-order valence-corrected chi connectivity index (χ0v) is 20.0. The van der Waals surface area contributed by atoms with Crippen LogP contribution in [0.3, 0.4) is 0 Å². The van der Waals surface area contributed by atoms with Gasteiger partial charge in [-0.2, -0.15) is 0 Å². The molecule has 0 bridgehead atoms. The second-order valence-electron chi connectivity index (χ2n) is 8.06. The number of carbonyl (C=O) groups is 1. The van der Waals surface area contributed by atoms with Gasteiger partial charge in [-0.1, -0.05) is 18.2 Å². The van der Waals surface area contributed by atoms with Crippen LogP contribution < -0.4 is 9.62 Å². The van der Waals surface area contributed by atoms with Crippen LogP contribution in [0.2, 0.25) is 0 Å². The van der Waals surface area contributed by atoms with E-state index in [1.54, 1.807) is 17.0 Å². The minimum Gasteiger partial charge on any atom is -0.369 e. The van der Waals surface area contributed by atoms with E-state index in [2.05, 4.69) is 26.7 Å². The van der Waals surface area contributed by atoms with Crippen molar-refractivity contribution in [2.45, 2.75) is 31.7 Å². The topological polar surface area (TPSA) is 73.0 Å². The molecule has 1 fully saturated rings. The lowest BCUT2D eigenvalue weighted by atomic mass is 10.2. The Labute approximate surface area is 192 Å². The molecule has 0 spiro atoms. The van der Waals surface area contributed by atoms with Crippen molar-refractivity contribution in [1.82, 2.24) is 14.5 Å². The Bertz CT molecular complexity index is 968. The van der Waals surface area contributed by atoms with Crippen molar-refractivity contribution >= 4 is 21.6 Å². The number of hydrogen-bond acceptors (Lipinski definition) is 5. The number of rotatable bonds is 9. The summed E-state index contributed by atoms with van der Waals surface area (Å²) in [4.78, 5) is 19.0. The van der Waals surface area contributed by atoms with Crippen LogP contribution >= 0.6 is 0 Å². The normalized spacial score (nSPS) is 16.0. The van der Waals surface area contributed by atoms with Gasteiger partial charge in [-0.15, -0.1) is 0 Å². The largest absolute Gasteiger partial charge is 0.369 e. The van der Waals surface area contributed by atoms with E-state index in [1.165, 1.54) is 17.8 Å². The number of sulfonamides is 1. The third-order valence-electron chi connectivity index (χ3n) is 6.09. The second kappa shape index (κ2) is 10.9. The van der Waals surface area contributed by atoms with Gasteiger partial charge in [-0.25, -0.2) is 13.1 Å². The fourth-order valence-electron chi connectivity index (χ4n) is 3.97. The molecule has 0 aliphatic carbocycles. The molecule has 1 N–H and O–H groups in total. The average molecular weight is 459 g/mol. The molecule has 3 rings (SSSR count). The average Bonchev–Trinajstić information content (AvgIpc) is 2.84. The summed E-state index contributed by atoms with van der Waals surface area (Å²) in [5.41, 5.74) is 1.72. The highest BCUT2D eigenvalue weighted by Gasteiger charge is 2.23. The van der Waals surface area contributed by atoms with Crippen LogP contribution in [0.5, 0.6) is 0 Å². The maximum Gasteiger partial charge on any atom is 0.253 e. The number of nitrogens with one attached hydrogen (secondary N) is 1. The summed E-state index contributed by atoms with van der Waals surface area (Å²) in [6.45, 7) is 11.1. The third-order valence-corrected chi connectivity index (χ3v) is 7.53. The number of anilines is 1. The van der Waals surface area contributed by atoms with Crippen molar-refractivity contribution in [1.29, 1.82) is 0 Å². The van der Waals surface area contributed by atoms with Crippen LogP contribution in [0.1, 0.15) is 31.1 Å². The molecule has 7 nitrogen and oxygen atoms in total. The summed E-state index contributed by atoms with van der Waals surface area (Å²) in [7, 11) is -3.63. The zero-order valence-electron chi connectivity index (χ0n) is 19.2. The fraction of sp³-hybridized carbons (Fsp3) is 0.458. The Morgan fingerprint density at radius 3 is 2.12 bits per heavy atom. The molecule has 8 heteroatoms. The molecule has 2 aromatic rings. The van der Waals surface area contributed by atoms with Crippen molar-refractivity contribution in [3.05, 3.63) is 60.2 Å². The first-order valence-corrected chi connectivity index (χ1v) is 12.8. The lowest BCUT2D eigenvalue weighted by Crippen LogP contribution is -2.52. The van der Waals surface area contributed by atoms with Crippen molar-refractivity contribution in [2.75, 3.05) is 50.7 Å². The molecule has 1 unspecified atom stereocenters. The van der Waals surface area contributed by atoms with E-state index in [9.17, 15) is 13.2 Å². The van der Waals surface area contributed by atoms with Crippen molar-refractivity contribution in [2.24, 2.45) is 0 Å². The van der Waals surface area contributed by atoms with Gasteiger partial charge in [-0.05, 0) is 57.2 Å². The van der Waals surface area contributed by atoms with Gasteiger partial charge in [0.1, 0.15) is 0 Å². The molecule has 1 aliphatic rings. The summed E-state index contributed by atoms with van der Waals surface area (Å²) in [6, 6.07) is 16.6. The maximum absolute atomic E-state index is 12.8. The Morgan fingerprint density at radius 1 is 0.969 bits per heavy atom. The van der Waals surface area contributed by atoms with Gasteiger partial charge in [0.05, 0.1) is 4.90 Å². The Hall–Kier alpha value is -2.42. The molecule has 1 amide bonds. The van der Waals surface area contributed by atoms with Gasteiger partial charge in [0, 0.05) is 63.1 Å². The number of amides is 1. The van der Waals surface area contributed by atoms with Gasteiger partial charge >= 0.3 is 0 Å². The molecule has 1 atom stereocenters. The third kappa shape index (κ3) is 5.88. The number of hydrogen-bond donors (Lipinski definition) is 1. The fourth-order valence-corrected chi connectivity index (χ4v) is 5.09. The first-order valence-electron chi connectivity index (χ1n) is 11.3. The molecular weight excluding hydrogens is 424 g/mol. The minimum atomic E-state index is -3.63. The first-order chi connectivity index (χ1) is 15.4. The van der Waals surface area contributed by atoms with Gasteiger partial charge in [0.15, 0.2) is 0 Å². The molecule has 32 heavy (non-hydrogen) atoms. The highest BCUT2D eigenvalue weighted by atomic mass is 32.2. The molecule has 1 saturated heterocycles. The van der Waals surface area contributed by atoms with Crippen molar-refractivity contribution < 1.29 is 13.2 Å². The highest BCUT2D eigenvalue weighted by Crippen LogP contribution is 2.17. The smallest absolute Gasteiger partial charge is 0.253 e. The quantitative estimate of drug-likeness (QED) is 0.626. The Morgan fingerprint density at radius 2 is 1.56 bits per heavy atom. The van der Waals surface area contributed by atoms with Crippen LogP contribution in [0.4, 0.5) is 5.69 Å². The number of carbonyl (C=O) groups excluding carboxylic acids is 1. The van der Waals surface area contributed by atoms with Crippen molar-refractivity contribution in [3.63, 3.8) is 0 Å². The van der Waals surface area contributed by atoms with Crippen molar-refractivity contribution in [3.8, 4) is 0 Å². The highest BCUT2D eigenvalue weighted by molar-refractivity contribution is 7.89. The number of benzene rings is 2. The molecular formula is C24H34N4O3S. The maximum atomic E-state index is 12.8. The van der Waals surface area contributed by atoms with E-state index in [1.807, 2.05) is 39.0 Å². The number of piperazine rings is 1. The Kier molecular flexibility index (Phi) is 8.28. The molecule has 0 aromatic heterocycles. The van der Waals surface area contributed by atoms with Gasteiger partial charge in [0.25, 0.3) is 5.91 Å². The monoisotopic (exact) mass is 458 g/mol. The van der Waals surface area contributed by atoms with E-state index in [0.29, 0.717) is 25.2 Å². The minimum absolute atomic E-state index is 0.0878. The predicted molar refractivity (Wildman–Crippen MR) is 129 cm³/mol. The Balaban J connectivity index is 1.53. The molecule has 174 valence electrons. The van der Waals surface area contributed by atoms with Gasteiger partial charge in [-0.3, -0.25) is 9.69 Å². The molecule has 1 aliphatic heterocycles. The van der Waals surface area contributed by atoms with Gasteiger partial charge in [0.2, 0.25) is 10.0 Å². The SMILES string of the molecule is CCN(CC)C(=O)c1ccc(S(=O)(=O)NCC(C)N2CCN(c3ccccc3)CC2)cc1. The van der Waals surface area contributed by atoms with Crippen LogP contribution in [-0.4, -0.2) is 76.0 Å².